The summed E-state index contributed by atoms with van der Waals surface area (Å²) in [7, 11) is 0. The largest absolute Gasteiger partial charge is 0.394 e. The number of aliphatic hydroxyl groups is 1. The van der Waals surface area contributed by atoms with E-state index in [0.29, 0.717) is 25.0 Å². The number of rotatable bonds is 9. The summed E-state index contributed by atoms with van der Waals surface area (Å²) in [6.45, 7) is 5.30. The number of hydrogen-bond donors (Lipinski definition) is 2. The van der Waals surface area contributed by atoms with Gasteiger partial charge in [-0.25, -0.2) is 0 Å². The van der Waals surface area contributed by atoms with Gasteiger partial charge in [0.15, 0.2) is 0 Å². The summed E-state index contributed by atoms with van der Waals surface area (Å²) in [5.41, 5.74) is 10.3. The van der Waals surface area contributed by atoms with Crippen molar-refractivity contribution in [2.24, 2.45) is 11.7 Å². The maximum Gasteiger partial charge on any atom is 0.0700 e. The van der Waals surface area contributed by atoms with Gasteiger partial charge >= 0.3 is 0 Å². The van der Waals surface area contributed by atoms with Gasteiger partial charge in [0.25, 0.3) is 0 Å². The minimum atomic E-state index is -0.371. The second kappa shape index (κ2) is 9.32. The number of aryl methyl sites for hydroxylation is 1. The Balaban J connectivity index is 1.48. The zero-order valence-corrected chi connectivity index (χ0v) is 16.2. The molecule has 0 bridgehead atoms. The first-order valence-corrected chi connectivity index (χ1v) is 10.3. The average Bonchev–Trinajstić information content (AvgIpc) is 3.07. The number of nitrogens with two attached hydrogens (primary N) is 1. The molecule has 1 aromatic rings. The van der Waals surface area contributed by atoms with Crippen molar-refractivity contribution in [3.63, 3.8) is 0 Å². The van der Waals surface area contributed by atoms with E-state index < -0.39 is 0 Å². The lowest BCUT2D eigenvalue weighted by Gasteiger charge is -2.26. The highest BCUT2D eigenvalue weighted by Gasteiger charge is 2.36. The lowest BCUT2D eigenvalue weighted by atomic mass is 9.82. The zero-order chi connectivity index (χ0) is 18.4. The van der Waals surface area contributed by atoms with Crippen LogP contribution in [0.4, 0.5) is 0 Å². The molecule has 0 amide bonds. The normalized spacial score (nSPS) is 28.3. The highest BCUT2D eigenvalue weighted by Crippen LogP contribution is 2.40. The Morgan fingerprint density at radius 2 is 2.00 bits per heavy atom. The zero-order valence-electron chi connectivity index (χ0n) is 16.2. The van der Waals surface area contributed by atoms with Crippen LogP contribution in [0.15, 0.2) is 18.2 Å². The molecule has 4 heteroatoms. The van der Waals surface area contributed by atoms with E-state index in [2.05, 4.69) is 25.1 Å². The SMILES string of the molecule is CCCOCCOC[C@H]1CCc2cc([C@H]3CC[C@](N)(CO)C3)ccc2C1. The van der Waals surface area contributed by atoms with Gasteiger partial charge in [0.1, 0.15) is 0 Å². The number of ether oxygens (including phenoxy) is 2. The van der Waals surface area contributed by atoms with Crippen LogP contribution in [0.3, 0.4) is 0 Å². The van der Waals surface area contributed by atoms with E-state index in [4.69, 9.17) is 15.2 Å². The van der Waals surface area contributed by atoms with Crippen molar-refractivity contribution in [1.29, 1.82) is 0 Å². The van der Waals surface area contributed by atoms with Crippen molar-refractivity contribution in [2.75, 3.05) is 33.0 Å². The Kier molecular flexibility index (Phi) is 7.10. The van der Waals surface area contributed by atoms with Crippen LogP contribution in [0.5, 0.6) is 0 Å². The summed E-state index contributed by atoms with van der Waals surface area (Å²) in [6, 6.07) is 7.00. The molecule has 1 saturated carbocycles. The third kappa shape index (κ3) is 5.07. The van der Waals surface area contributed by atoms with Gasteiger partial charge in [-0.1, -0.05) is 25.1 Å². The van der Waals surface area contributed by atoms with Crippen molar-refractivity contribution >= 4 is 0 Å². The van der Waals surface area contributed by atoms with Gasteiger partial charge in [0.2, 0.25) is 0 Å². The third-order valence-corrected chi connectivity index (χ3v) is 6.06. The smallest absolute Gasteiger partial charge is 0.0700 e. The molecule has 0 spiro atoms. The first-order valence-electron chi connectivity index (χ1n) is 10.3. The minimum absolute atomic E-state index is 0.0968. The molecular formula is C22H35NO3. The Bertz CT molecular complexity index is 577. The summed E-state index contributed by atoms with van der Waals surface area (Å²) < 4.78 is 11.3. The second-order valence-corrected chi connectivity index (χ2v) is 8.28. The third-order valence-electron chi connectivity index (χ3n) is 6.06. The molecule has 26 heavy (non-hydrogen) atoms. The van der Waals surface area contributed by atoms with E-state index >= 15 is 0 Å². The lowest BCUT2D eigenvalue weighted by molar-refractivity contribution is 0.0316. The van der Waals surface area contributed by atoms with Crippen LogP contribution >= 0.6 is 0 Å². The minimum Gasteiger partial charge on any atom is -0.394 e. The Hall–Kier alpha value is -0.940. The summed E-state index contributed by atoms with van der Waals surface area (Å²) >= 11 is 0. The fraction of sp³-hybridized carbons (Fsp3) is 0.727. The van der Waals surface area contributed by atoms with E-state index in [9.17, 15) is 5.11 Å². The van der Waals surface area contributed by atoms with Crippen molar-refractivity contribution in [1.82, 2.24) is 0 Å². The Morgan fingerprint density at radius 3 is 2.77 bits per heavy atom. The first kappa shape index (κ1) is 19.8. The predicted octanol–water partition coefficient (Wildman–Crippen LogP) is 3.19. The number of aliphatic hydroxyl groups excluding tert-OH is 1. The highest BCUT2D eigenvalue weighted by atomic mass is 16.5. The topological polar surface area (TPSA) is 64.7 Å². The fourth-order valence-corrected chi connectivity index (χ4v) is 4.45. The molecule has 0 saturated heterocycles. The Labute approximate surface area is 158 Å². The van der Waals surface area contributed by atoms with Crippen molar-refractivity contribution in [2.45, 2.75) is 63.3 Å². The van der Waals surface area contributed by atoms with Crippen molar-refractivity contribution < 1.29 is 14.6 Å². The molecule has 0 aromatic heterocycles. The molecule has 4 nitrogen and oxygen atoms in total. The summed E-state index contributed by atoms with van der Waals surface area (Å²) in [4.78, 5) is 0. The van der Waals surface area contributed by atoms with Gasteiger partial charge in [-0.3, -0.25) is 0 Å². The quantitative estimate of drug-likeness (QED) is 0.663. The van der Waals surface area contributed by atoms with Crippen LogP contribution in [0.2, 0.25) is 0 Å². The number of fused-ring (bicyclic) bond motifs is 1. The predicted molar refractivity (Wildman–Crippen MR) is 104 cm³/mol. The van der Waals surface area contributed by atoms with E-state index in [1.165, 1.54) is 23.1 Å². The van der Waals surface area contributed by atoms with Crippen LogP contribution in [0.25, 0.3) is 0 Å². The highest BCUT2D eigenvalue weighted by molar-refractivity contribution is 5.36. The molecule has 0 radical (unpaired) electrons. The van der Waals surface area contributed by atoms with E-state index in [-0.39, 0.29) is 12.1 Å². The molecule has 2 aliphatic carbocycles. The molecule has 1 aromatic carbocycles. The maximum absolute atomic E-state index is 9.50. The Morgan fingerprint density at radius 1 is 1.15 bits per heavy atom. The van der Waals surface area contributed by atoms with Gasteiger partial charge in [0.05, 0.1) is 19.8 Å². The number of benzene rings is 1. The van der Waals surface area contributed by atoms with Gasteiger partial charge < -0.3 is 20.3 Å². The molecule has 3 N–H and O–H groups in total. The summed E-state index contributed by atoms with van der Waals surface area (Å²) in [6.07, 6.45) is 7.44. The second-order valence-electron chi connectivity index (χ2n) is 8.28. The molecular weight excluding hydrogens is 326 g/mol. The molecule has 3 atom stereocenters. The first-order chi connectivity index (χ1) is 12.6. The van der Waals surface area contributed by atoms with Crippen molar-refractivity contribution in [3.8, 4) is 0 Å². The standard InChI is InChI=1S/C22H35NO3/c1-2-9-25-10-11-26-15-17-3-4-19-13-20(6-5-18(19)12-17)21-7-8-22(23,14-21)16-24/h5-6,13,17,21,24H,2-4,7-12,14-16,23H2,1H3/t17-,21-,22+/m0/s1. The van der Waals surface area contributed by atoms with E-state index in [0.717, 1.165) is 51.7 Å². The van der Waals surface area contributed by atoms with Gasteiger partial charge in [-0.05, 0) is 73.5 Å². The average molecular weight is 362 g/mol. The monoisotopic (exact) mass is 361 g/mol. The molecule has 0 heterocycles. The molecule has 0 unspecified atom stereocenters. The summed E-state index contributed by atoms with van der Waals surface area (Å²) in [5, 5.41) is 9.50. The van der Waals surface area contributed by atoms with E-state index in [1.807, 2.05) is 0 Å². The fourth-order valence-electron chi connectivity index (χ4n) is 4.45. The summed E-state index contributed by atoms with van der Waals surface area (Å²) in [5.74, 6) is 1.12. The molecule has 146 valence electrons. The van der Waals surface area contributed by atoms with Crippen LogP contribution in [-0.4, -0.2) is 43.7 Å². The molecule has 3 rings (SSSR count). The van der Waals surface area contributed by atoms with Crippen LogP contribution in [-0.2, 0) is 22.3 Å². The number of hydrogen-bond acceptors (Lipinski definition) is 4. The molecule has 0 aliphatic heterocycles. The van der Waals surface area contributed by atoms with Crippen molar-refractivity contribution in [3.05, 3.63) is 34.9 Å². The molecule has 2 aliphatic rings. The lowest BCUT2D eigenvalue weighted by Crippen LogP contribution is -2.40. The van der Waals surface area contributed by atoms with Gasteiger partial charge in [0, 0.05) is 18.8 Å². The maximum atomic E-state index is 9.50. The van der Waals surface area contributed by atoms with Crippen LogP contribution < -0.4 is 5.73 Å². The van der Waals surface area contributed by atoms with Gasteiger partial charge in [-0.15, -0.1) is 0 Å². The van der Waals surface area contributed by atoms with Crippen LogP contribution in [0, 0.1) is 5.92 Å². The molecule has 1 fully saturated rings. The van der Waals surface area contributed by atoms with Crippen LogP contribution in [0.1, 0.15) is 61.6 Å². The van der Waals surface area contributed by atoms with Gasteiger partial charge in [-0.2, -0.15) is 0 Å². The van der Waals surface area contributed by atoms with E-state index in [1.54, 1.807) is 0 Å².